The average Bonchev–Trinajstić information content (AvgIpc) is 2.88. The molecule has 0 unspecified atom stereocenters. The molecule has 1 heterocycles. The van der Waals surface area contributed by atoms with Gasteiger partial charge in [0, 0.05) is 10.6 Å². The number of benzene rings is 1. The van der Waals surface area contributed by atoms with Gasteiger partial charge in [-0.2, -0.15) is 0 Å². The molecule has 0 radical (unpaired) electrons. The van der Waals surface area contributed by atoms with E-state index in [9.17, 15) is 9.59 Å². The van der Waals surface area contributed by atoms with Crippen LogP contribution in [0.25, 0.3) is 11.3 Å². The lowest BCUT2D eigenvalue weighted by Gasteiger charge is -2.03. The standard InChI is InChI=1S/C14H12ClNO4/c1-8-2-3-9(15)6-10(8)11-4-5-12(20-11)14(19)16-7-13(17)18/h2-6H,7H2,1H3,(H,16,19)(H,17,18). The Hall–Kier alpha value is -2.27. The molecule has 1 aromatic carbocycles. The molecule has 0 aliphatic carbocycles. The number of hydrogen-bond acceptors (Lipinski definition) is 3. The SMILES string of the molecule is Cc1ccc(Cl)cc1-c1ccc(C(=O)NCC(=O)O)o1. The van der Waals surface area contributed by atoms with Gasteiger partial charge in [-0.15, -0.1) is 0 Å². The van der Waals surface area contributed by atoms with Crippen LogP contribution in [0.2, 0.25) is 5.02 Å². The predicted octanol–water partition coefficient (Wildman–Crippen LogP) is 2.72. The van der Waals surface area contributed by atoms with Crippen molar-refractivity contribution in [2.75, 3.05) is 6.54 Å². The predicted molar refractivity (Wildman–Crippen MR) is 73.9 cm³/mol. The summed E-state index contributed by atoms with van der Waals surface area (Å²) in [5.74, 6) is -1.12. The van der Waals surface area contributed by atoms with Crippen molar-refractivity contribution in [3.8, 4) is 11.3 Å². The van der Waals surface area contributed by atoms with E-state index in [4.69, 9.17) is 21.1 Å². The highest BCUT2D eigenvalue weighted by atomic mass is 35.5. The first-order valence-electron chi connectivity index (χ1n) is 5.83. The summed E-state index contributed by atoms with van der Waals surface area (Å²) in [4.78, 5) is 22.0. The Morgan fingerprint density at radius 3 is 2.75 bits per heavy atom. The van der Waals surface area contributed by atoms with Crippen LogP contribution in [0.1, 0.15) is 16.1 Å². The zero-order chi connectivity index (χ0) is 14.7. The molecule has 0 saturated carbocycles. The van der Waals surface area contributed by atoms with Crippen LogP contribution in [-0.4, -0.2) is 23.5 Å². The fourth-order valence-corrected chi connectivity index (χ4v) is 1.88. The van der Waals surface area contributed by atoms with Gasteiger partial charge in [0.25, 0.3) is 5.91 Å². The Kier molecular flexibility index (Phi) is 4.10. The normalized spacial score (nSPS) is 10.3. The van der Waals surface area contributed by atoms with E-state index in [0.29, 0.717) is 10.8 Å². The number of aryl methyl sites for hydroxylation is 1. The molecule has 0 aliphatic rings. The molecule has 0 aliphatic heterocycles. The summed E-state index contributed by atoms with van der Waals surface area (Å²) in [7, 11) is 0. The minimum Gasteiger partial charge on any atom is -0.480 e. The Morgan fingerprint density at radius 1 is 1.30 bits per heavy atom. The minimum absolute atomic E-state index is 0.0561. The third kappa shape index (κ3) is 3.19. The molecule has 2 N–H and O–H groups in total. The second kappa shape index (κ2) is 5.79. The highest BCUT2D eigenvalue weighted by Crippen LogP contribution is 2.28. The summed E-state index contributed by atoms with van der Waals surface area (Å²) < 4.78 is 5.44. The van der Waals surface area contributed by atoms with E-state index in [0.717, 1.165) is 11.1 Å². The number of aliphatic carboxylic acids is 1. The third-order valence-corrected chi connectivity index (χ3v) is 2.93. The largest absolute Gasteiger partial charge is 0.480 e. The number of carbonyl (C=O) groups is 2. The number of halogens is 1. The second-order valence-electron chi connectivity index (χ2n) is 4.20. The number of nitrogens with one attached hydrogen (secondary N) is 1. The van der Waals surface area contributed by atoms with Crippen molar-refractivity contribution in [2.24, 2.45) is 0 Å². The molecular weight excluding hydrogens is 282 g/mol. The van der Waals surface area contributed by atoms with Gasteiger partial charge in [-0.05, 0) is 36.8 Å². The van der Waals surface area contributed by atoms with E-state index in [-0.39, 0.29) is 5.76 Å². The maximum absolute atomic E-state index is 11.7. The van der Waals surface area contributed by atoms with Gasteiger partial charge < -0.3 is 14.8 Å². The Bertz CT molecular complexity index is 663. The van der Waals surface area contributed by atoms with Crippen LogP contribution in [0, 0.1) is 6.92 Å². The molecule has 104 valence electrons. The molecule has 6 heteroatoms. The van der Waals surface area contributed by atoms with Gasteiger partial charge in [0.15, 0.2) is 5.76 Å². The van der Waals surface area contributed by atoms with Crippen molar-refractivity contribution >= 4 is 23.5 Å². The highest BCUT2D eigenvalue weighted by Gasteiger charge is 2.14. The van der Waals surface area contributed by atoms with E-state index in [1.807, 2.05) is 13.0 Å². The molecular formula is C14H12ClNO4. The molecule has 1 amide bonds. The highest BCUT2D eigenvalue weighted by molar-refractivity contribution is 6.30. The summed E-state index contributed by atoms with van der Waals surface area (Å²) in [5.41, 5.74) is 1.75. The summed E-state index contributed by atoms with van der Waals surface area (Å²) in [6, 6.07) is 8.50. The molecule has 1 aromatic heterocycles. The van der Waals surface area contributed by atoms with Gasteiger partial charge in [-0.1, -0.05) is 17.7 Å². The minimum atomic E-state index is -1.11. The van der Waals surface area contributed by atoms with Gasteiger partial charge >= 0.3 is 5.97 Å². The number of rotatable bonds is 4. The first kappa shape index (κ1) is 14.1. The number of carboxylic acids is 1. The van der Waals surface area contributed by atoms with Crippen molar-refractivity contribution < 1.29 is 19.1 Å². The maximum Gasteiger partial charge on any atom is 0.322 e. The van der Waals surface area contributed by atoms with E-state index >= 15 is 0 Å². The van der Waals surface area contributed by atoms with Crippen LogP contribution < -0.4 is 5.32 Å². The smallest absolute Gasteiger partial charge is 0.322 e. The molecule has 2 aromatic rings. The summed E-state index contributed by atoms with van der Waals surface area (Å²) in [5, 5.41) is 11.3. The maximum atomic E-state index is 11.7. The van der Waals surface area contributed by atoms with Crippen molar-refractivity contribution in [1.29, 1.82) is 0 Å². The number of carbonyl (C=O) groups excluding carboxylic acids is 1. The quantitative estimate of drug-likeness (QED) is 0.908. The molecule has 5 nitrogen and oxygen atoms in total. The number of amides is 1. The molecule has 0 saturated heterocycles. The lowest BCUT2D eigenvalue weighted by atomic mass is 10.1. The van der Waals surface area contributed by atoms with E-state index in [2.05, 4.69) is 5.32 Å². The fraction of sp³-hybridized carbons (Fsp3) is 0.143. The Labute approximate surface area is 120 Å². The molecule has 20 heavy (non-hydrogen) atoms. The van der Waals surface area contributed by atoms with Crippen molar-refractivity contribution in [3.05, 3.63) is 46.7 Å². The van der Waals surface area contributed by atoms with Crippen LogP contribution >= 0.6 is 11.6 Å². The van der Waals surface area contributed by atoms with Crippen LogP contribution in [0.3, 0.4) is 0 Å². The van der Waals surface area contributed by atoms with E-state index in [1.165, 1.54) is 6.07 Å². The summed E-state index contributed by atoms with van der Waals surface area (Å²) >= 11 is 5.93. The van der Waals surface area contributed by atoms with Gasteiger partial charge in [-0.25, -0.2) is 0 Å². The third-order valence-electron chi connectivity index (χ3n) is 2.70. The zero-order valence-corrected chi connectivity index (χ0v) is 11.4. The first-order chi connectivity index (χ1) is 9.47. The Balaban J connectivity index is 2.22. The lowest BCUT2D eigenvalue weighted by Crippen LogP contribution is -2.28. The first-order valence-corrected chi connectivity index (χ1v) is 6.21. The molecule has 0 bridgehead atoms. The Morgan fingerprint density at radius 2 is 2.05 bits per heavy atom. The van der Waals surface area contributed by atoms with Gasteiger partial charge in [0.2, 0.25) is 0 Å². The summed E-state index contributed by atoms with van der Waals surface area (Å²) in [6.45, 7) is 1.45. The van der Waals surface area contributed by atoms with Crippen LogP contribution in [0.15, 0.2) is 34.7 Å². The van der Waals surface area contributed by atoms with Gasteiger partial charge in [0.05, 0.1) is 0 Å². The topological polar surface area (TPSA) is 79.5 Å². The average molecular weight is 294 g/mol. The van der Waals surface area contributed by atoms with Crippen LogP contribution in [-0.2, 0) is 4.79 Å². The van der Waals surface area contributed by atoms with Gasteiger partial charge in [-0.3, -0.25) is 9.59 Å². The second-order valence-corrected chi connectivity index (χ2v) is 4.64. The lowest BCUT2D eigenvalue weighted by molar-refractivity contribution is -0.135. The number of hydrogen-bond donors (Lipinski definition) is 2. The van der Waals surface area contributed by atoms with E-state index < -0.39 is 18.4 Å². The van der Waals surface area contributed by atoms with Crippen molar-refractivity contribution in [3.63, 3.8) is 0 Å². The fourth-order valence-electron chi connectivity index (χ4n) is 1.71. The van der Waals surface area contributed by atoms with Crippen LogP contribution in [0.4, 0.5) is 0 Å². The molecule has 0 fully saturated rings. The molecule has 2 rings (SSSR count). The zero-order valence-electron chi connectivity index (χ0n) is 10.6. The van der Waals surface area contributed by atoms with E-state index in [1.54, 1.807) is 18.2 Å². The number of furan rings is 1. The summed E-state index contributed by atoms with van der Waals surface area (Å²) in [6.07, 6.45) is 0. The monoisotopic (exact) mass is 293 g/mol. The van der Waals surface area contributed by atoms with Gasteiger partial charge in [0.1, 0.15) is 12.3 Å². The van der Waals surface area contributed by atoms with Crippen LogP contribution in [0.5, 0.6) is 0 Å². The number of carboxylic acid groups (broad SMARTS) is 1. The molecule has 0 spiro atoms. The van der Waals surface area contributed by atoms with Crippen molar-refractivity contribution in [2.45, 2.75) is 6.92 Å². The molecule has 0 atom stereocenters. The van der Waals surface area contributed by atoms with Crippen molar-refractivity contribution in [1.82, 2.24) is 5.32 Å².